The molecule has 0 heterocycles. The molecule has 38 heavy (non-hydrogen) atoms. The second-order valence-corrected chi connectivity index (χ2v) is 15.0. The number of allylic oxidation sites excluding steroid dienone is 2. The predicted molar refractivity (Wildman–Crippen MR) is 145 cm³/mol. The first-order valence-corrected chi connectivity index (χ1v) is 14.9. The summed E-state index contributed by atoms with van der Waals surface area (Å²) >= 11 is 0. The number of carbonyl (C=O) groups excluding carboxylic acids is 2. The van der Waals surface area contributed by atoms with Gasteiger partial charge in [0.15, 0.2) is 0 Å². The van der Waals surface area contributed by atoms with Crippen molar-refractivity contribution in [1.29, 1.82) is 0 Å². The molecule has 0 unspecified atom stereocenters. The molecule has 0 aromatic rings. The molecule has 5 aliphatic rings. The molecule has 0 saturated heterocycles. The third-order valence-corrected chi connectivity index (χ3v) is 13.8. The molecule has 5 rings (SSSR count). The molecule has 4 saturated carbocycles. The van der Waals surface area contributed by atoms with Gasteiger partial charge in [0.25, 0.3) is 0 Å². The summed E-state index contributed by atoms with van der Waals surface area (Å²) in [4.78, 5) is 26.4. The lowest BCUT2D eigenvalue weighted by atomic mass is 9.33. The minimum absolute atomic E-state index is 0.0199. The lowest BCUT2D eigenvalue weighted by molar-refractivity contribution is -0.217. The van der Waals surface area contributed by atoms with Crippen LogP contribution in [0.4, 0.5) is 0 Å². The molecule has 2 N–H and O–H groups in total. The van der Waals surface area contributed by atoms with Crippen LogP contribution >= 0.6 is 0 Å². The van der Waals surface area contributed by atoms with Crippen LogP contribution in [0.2, 0.25) is 0 Å². The summed E-state index contributed by atoms with van der Waals surface area (Å²) in [5, 5.41) is 21.4. The summed E-state index contributed by atoms with van der Waals surface area (Å²) in [5.74, 6) is 0.365. The van der Waals surface area contributed by atoms with Crippen molar-refractivity contribution >= 4 is 11.9 Å². The fraction of sp³-hybridized carbons (Fsp3) is 0.875. The lowest BCUT2D eigenvalue weighted by Crippen LogP contribution is -2.66. The highest BCUT2D eigenvalue weighted by molar-refractivity contribution is 5.81. The van der Waals surface area contributed by atoms with E-state index >= 15 is 0 Å². The van der Waals surface area contributed by atoms with Crippen molar-refractivity contribution in [3.8, 4) is 0 Å². The molecule has 0 bridgehead atoms. The van der Waals surface area contributed by atoms with E-state index in [9.17, 15) is 19.8 Å². The summed E-state index contributed by atoms with van der Waals surface area (Å²) in [6.07, 6.45) is 10.3. The molecule has 0 aromatic carbocycles. The summed E-state index contributed by atoms with van der Waals surface area (Å²) in [6.45, 7) is 11.5. The van der Waals surface area contributed by atoms with Gasteiger partial charge in [-0.2, -0.15) is 0 Å². The first kappa shape index (κ1) is 28.1. The van der Waals surface area contributed by atoms with Crippen molar-refractivity contribution < 1.29 is 29.3 Å². The highest BCUT2D eigenvalue weighted by atomic mass is 16.5. The molecule has 0 spiro atoms. The van der Waals surface area contributed by atoms with Crippen LogP contribution in [0.3, 0.4) is 0 Å². The van der Waals surface area contributed by atoms with E-state index < -0.39 is 22.3 Å². The van der Waals surface area contributed by atoms with Crippen LogP contribution in [0.1, 0.15) is 98.8 Å². The van der Waals surface area contributed by atoms with E-state index in [2.05, 4.69) is 33.8 Å². The van der Waals surface area contributed by atoms with Gasteiger partial charge in [-0.05, 0) is 105 Å². The van der Waals surface area contributed by atoms with Crippen LogP contribution in [-0.4, -0.2) is 49.1 Å². The zero-order chi connectivity index (χ0) is 27.9. The molecule has 0 aromatic heterocycles. The van der Waals surface area contributed by atoms with E-state index in [1.807, 2.05) is 6.92 Å². The van der Waals surface area contributed by atoms with Gasteiger partial charge in [0, 0.05) is 5.41 Å². The zero-order valence-corrected chi connectivity index (χ0v) is 24.7. The lowest BCUT2D eigenvalue weighted by Gasteiger charge is -2.71. The monoisotopic (exact) mass is 530 g/mol. The van der Waals surface area contributed by atoms with Gasteiger partial charge in [-0.15, -0.1) is 0 Å². The van der Waals surface area contributed by atoms with Crippen LogP contribution in [0.15, 0.2) is 11.6 Å². The second kappa shape index (κ2) is 8.80. The Labute approximate surface area is 228 Å². The van der Waals surface area contributed by atoms with Crippen LogP contribution in [0.5, 0.6) is 0 Å². The zero-order valence-electron chi connectivity index (χ0n) is 24.7. The first-order chi connectivity index (χ1) is 17.7. The maximum absolute atomic E-state index is 13.5. The first-order valence-electron chi connectivity index (χ1n) is 14.9. The Morgan fingerprint density at radius 1 is 0.895 bits per heavy atom. The van der Waals surface area contributed by atoms with Gasteiger partial charge < -0.3 is 19.7 Å². The second-order valence-electron chi connectivity index (χ2n) is 15.0. The molecule has 5 aliphatic carbocycles. The van der Waals surface area contributed by atoms with Crippen molar-refractivity contribution in [3.05, 3.63) is 11.6 Å². The molecular weight excluding hydrogens is 480 g/mol. The van der Waals surface area contributed by atoms with E-state index in [0.717, 1.165) is 44.9 Å². The highest BCUT2D eigenvalue weighted by Gasteiger charge is 2.70. The number of hydrogen-bond donors (Lipinski definition) is 2. The minimum Gasteiger partial charge on any atom is -0.469 e. The maximum atomic E-state index is 13.5. The topological polar surface area (TPSA) is 93.1 Å². The summed E-state index contributed by atoms with van der Waals surface area (Å²) in [7, 11) is 2.97. The minimum atomic E-state index is -0.611. The van der Waals surface area contributed by atoms with Gasteiger partial charge >= 0.3 is 11.9 Å². The predicted octanol–water partition coefficient (Wildman–Crippen LogP) is 5.45. The Balaban J connectivity index is 1.60. The quantitative estimate of drug-likeness (QED) is 0.372. The van der Waals surface area contributed by atoms with E-state index in [-0.39, 0.29) is 46.6 Å². The van der Waals surface area contributed by atoms with Gasteiger partial charge in [0.05, 0.1) is 37.8 Å². The van der Waals surface area contributed by atoms with Crippen LogP contribution in [-0.2, 0) is 19.1 Å². The highest BCUT2D eigenvalue weighted by Crippen LogP contribution is 2.75. The van der Waals surface area contributed by atoms with Crippen molar-refractivity contribution in [1.82, 2.24) is 0 Å². The third kappa shape index (κ3) is 3.31. The molecule has 0 aliphatic heterocycles. The standard InChI is InChI=1S/C32H50O6/c1-27(25(35)37-6)14-16-32(26(36)38-7)17-15-30(4)20(21(32)18-27)8-9-23-28(2)12-11-24(34)29(3,19-33)22(28)10-13-31(23,30)5/h8,21-24,33-34H,9-19H2,1-7H3/t21-,22+,23+,24+,27-,28-,29+,30+,31+,32-/m0/s1. The number of aliphatic hydroxyl groups is 2. The number of hydrogen-bond acceptors (Lipinski definition) is 6. The SMILES string of the molecule is COC(=O)[C@@]1(C)CC[C@]2(C(=O)OC)CC[C@]3(C)C(=CC[C@@H]4[C@@]5(C)CC[C@@H](O)[C@](C)(CO)[C@@H]5CC[C@]43C)[C@@H]2C1. The molecule has 0 radical (unpaired) electrons. The number of aliphatic hydroxyl groups excluding tert-OH is 2. The summed E-state index contributed by atoms with van der Waals surface area (Å²) in [5.41, 5.74) is -0.335. The normalized spacial score (nSPS) is 51.9. The Morgan fingerprint density at radius 2 is 1.55 bits per heavy atom. The van der Waals surface area contributed by atoms with Crippen LogP contribution in [0, 0.1) is 50.2 Å². The third-order valence-electron chi connectivity index (χ3n) is 13.8. The molecular formula is C32H50O6. The fourth-order valence-corrected chi connectivity index (χ4v) is 11.1. The Morgan fingerprint density at radius 3 is 2.18 bits per heavy atom. The van der Waals surface area contributed by atoms with Crippen molar-refractivity contribution in [2.45, 2.75) is 105 Å². The Hall–Kier alpha value is -1.40. The van der Waals surface area contributed by atoms with Gasteiger partial charge in [-0.1, -0.05) is 39.3 Å². The van der Waals surface area contributed by atoms with Gasteiger partial charge in [0.2, 0.25) is 0 Å². The van der Waals surface area contributed by atoms with Gasteiger partial charge in [-0.25, -0.2) is 0 Å². The van der Waals surface area contributed by atoms with Gasteiger partial charge in [-0.3, -0.25) is 9.59 Å². The smallest absolute Gasteiger partial charge is 0.312 e. The molecule has 10 atom stereocenters. The number of esters is 2. The molecule has 0 amide bonds. The Kier molecular flexibility index (Phi) is 6.52. The molecule has 6 heteroatoms. The van der Waals surface area contributed by atoms with Crippen molar-refractivity contribution in [2.24, 2.45) is 50.2 Å². The van der Waals surface area contributed by atoms with E-state index in [1.54, 1.807) is 0 Å². The molecule has 4 fully saturated rings. The van der Waals surface area contributed by atoms with Crippen LogP contribution < -0.4 is 0 Å². The number of ether oxygens (including phenoxy) is 2. The largest absolute Gasteiger partial charge is 0.469 e. The van der Waals surface area contributed by atoms with Crippen molar-refractivity contribution in [3.63, 3.8) is 0 Å². The van der Waals surface area contributed by atoms with E-state index in [1.165, 1.54) is 19.8 Å². The van der Waals surface area contributed by atoms with E-state index in [0.29, 0.717) is 25.2 Å². The number of methoxy groups -OCH3 is 2. The summed E-state index contributed by atoms with van der Waals surface area (Å²) < 4.78 is 10.7. The Bertz CT molecular complexity index is 1040. The maximum Gasteiger partial charge on any atom is 0.312 e. The summed E-state index contributed by atoms with van der Waals surface area (Å²) in [6, 6.07) is 0. The number of rotatable bonds is 3. The van der Waals surface area contributed by atoms with Gasteiger partial charge in [0.1, 0.15) is 0 Å². The number of fused-ring (bicyclic) bond motifs is 7. The average Bonchev–Trinajstić information content (AvgIpc) is 2.90. The average molecular weight is 531 g/mol. The van der Waals surface area contributed by atoms with Crippen LogP contribution in [0.25, 0.3) is 0 Å². The molecule has 6 nitrogen and oxygen atoms in total. The molecule has 214 valence electrons. The van der Waals surface area contributed by atoms with Crippen molar-refractivity contribution in [2.75, 3.05) is 20.8 Å². The number of carbonyl (C=O) groups is 2. The fourth-order valence-electron chi connectivity index (χ4n) is 11.1. The van der Waals surface area contributed by atoms with E-state index in [4.69, 9.17) is 9.47 Å².